The van der Waals surface area contributed by atoms with Crippen LogP contribution in [0.15, 0.2) is 132 Å². The lowest BCUT2D eigenvalue weighted by Crippen LogP contribution is -2.22. The summed E-state index contributed by atoms with van der Waals surface area (Å²) in [5.74, 6) is -1.28. The van der Waals surface area contributed by atoms with E-state index in [2.05, 4.69) is 31.9 Å². The lowest BCUT2D eigenvalue weighted by atomic mass is 10.1. The van der Waals surface area contributed by atoms with E-state index in [1.807, 2.05) is 0 Å². The second-order valence-electron chi connectivity index (χ2n) is 15.5. The Balaban J connectivity index is 0.873. The molecule has 0 radical (unpaired) electrons. The monoisotopic (exact) mass is 958 g/mol. The first-order valence-corrected chi connectivity index (χ1v) is 22.9. The van der Waals surface area contributed by atoms with Gasteiger partial charge < -0.3 is 48.6 Å². The molecule has 0 fully saturated rings. The molecule has 4 aromatic carbocycles. The fourth-order valence-corrected chi connectivity index (χ4v) is 8.84. The van der Waals surface area contributed by atoms with Crippen LogP contribution in [0.5, 0.6) is 0 Å². The maximum atomic E-state index is 13.4. The summed E-state index contributed by atoms with van der Waals surface area (Å²) in [5.41, 5.74) is 1.19. The molecule has 0 aliphatic carbocycles. The molecule has 23 heteroatoms. The number of carbonyl (C=O) groups is 5. The Hall–Kier alpha value is -8.51. The van der Waals surface area contributed by atoms with Gasteiger partial charge in [-0.3, -0.25) is 29.8 Å². The van der Waals surface area contributed by atoms with E-state index in [0.717, 1.165) is 12.1 Å². The fraction of sp³-hybridized carbons (Fsp3) is 0.0889. The summed E-state index contributed by atoms with van der Waals surface area (Å²) in [6.45, 7) is 0. The van der Waals surface area contributed by atoms with E-state index in [0.29, 0.717) is 10.8 Å². The Labute approximate surface area is 386 Å². The third-order valence-electron chi connectivity index (χ3n) is 10.8. The van der Waals surface area contributed by atoms with Crippen molar-refractivity contribution in [3.05, 3.63) is 144 Å². The predicted octanol–water partition coefficient (Wildman–Crippen LogP) is 5.81. The Kier molecular flexibility index (Phi) is 12.0. The first-order chi connectivity index (χ1) is 32.1. The number of aromatic nitrogens is 4. The van der Waals surface area contributed by atoms with Crippen LogP contribution in [-0.4, -0.2) is 73.9 Å². The lowest BCUT2D eigenvalue weighted by Gasteiger charge is -2.14. The van der Waals surface area contributed by atoms with Crippen molar-refractivity contribution in [2.45, 2.75) is 9.79 Å². The summed E-state index contributed by atoms with van der Waals surface area (Å²) in [6, 6.07) is 22.4. The molecular weight excluding hydrogens is 921 g/mol. The van der Waals surface area contributed by atoms with Crippen LogP contribution in [0.2, 0.25) is 0 Å². The van der Waals surface area contributed by atoms with E-state index < -0.39 is 59.7 Å². The topological polar surface area (TPSA) is 292 Å². The van der Waals surface area contributed by atoms with Gasteiger partial charge in [0.2, 0.25) is 0 Å². The zero-order valence-electron chi connectivity index (χ0n) is 36.1. The van der Waals surface area contributed by atoms with Gasteiger partial charge in [0.1, 0.15) is 43.5 Å². The number of aryl methyl sites for hydroxylation is 4. The van der Waals surface area contributed by atoms with E-state index in [-0.39, 0.29) is 67.7 Å². The van der Waals surface area contributed by atoms with Crippen LogP contribution >= 0.6 is 0 Å². The molecule has 0 saturated heterocycles. The lowest BCUT2D eigenvalue weighted by molar-refractivity contribution is 0.101. The highest BCUT2D eigenvalue weighted by molar-refractivity contribution is 7.86. The molecule has 0 saturated carbocycles. The van der Waals surface area contributed by atoms with Crippen LogP contribution in [0.3, 0.4) is 0 Å². The molecule has 4 aromatic heterocycles. The minimum atomic E-state index is -4.78. The Morgan fingerprint density at radius 3 is 0.985 bits per heavy atom. The van der Waals surface area contributed by atoms with Gasteiger partial charge in [0.05, 0.1) is 32.0 Å². The van der Waals surface area contributed by atoms with Gasteiger partial charge >= 0.3 is 6.03 Å². The summed E-state index contributed by atoms with van der Waals surface area (Å²) >= 11 is 0. The van der Waals surface area contributed by atoms with Gasteiger partial charge in [-0.15, -0.1) is 0 Å². The Bertz CT molecular complexity index is 3410. The normalized spacial score (nSPS) is 11.6. The minimum Gasteiger partial charge on any atom is -0.744 e. The van der Waals surface area contributed by atoms with Gasteiger partial charge in [0.25, 0.3) is 23.6 Å². The zero-order chi connectivity index (χ0) is 48.8. The molecular formula is C45H38N10O11S2-2. The van der Waals surface area contributed by atoms with Crippen molar-refractivity contribution in [1.82, 2.24) is 18.3 Å². The van der Waals surface area contributed by atoms with Gasteiger partial charge in [-0.05, 0) is 48.5 Å². The fourth-order valence-electron chi connectivity index (χ4n) is 7.48. The number of benzene rings is 4. The molecule has 4 heterocycles. The number of urea groups is 1. The maximum Gasteiger partial charge on any atom is 0.325 e. The second-order valence-corrected chi connectivity index (χ2v) is 18.2. The number of fused-ring (bicyclic) bond motifs is 2. The highest BCUT2D eigenvalue weighted by atomic mass is 32.2. The smallest absolute Gasteiger partial charge is 0.325 e. The molecule has 0 aliphatic heterocycles. The van der Waals surface area contributed by atoms with Crippen molar-refractivity contribution in [2.75, 3.05) is 31.9 Å². The minimum absolute atomic E-state index is 0.153. The average Bonchev–Trinajstić information content (AvgIpc) is 4.05. The van der Waals surface area contributed by atoms with Crippen LogP contribution in [0, 0.1) is 0 Å². The molecule has 0 aliphatic rings. The number of nitrogens with zero attached hydrogens (tertiary/aromatic N) is 4. The summed E-state index contributed by atoms with van der Waals surface area (Å²) in [6.07, 6.45) is 5.91. The van der Waals surface area contributed by atoms with E-state index >= 15 is 0 Å². The summed E-state index contributed by atoms with van der Waals surface area (Å²) in [4.78, 5) is 65.6. The molecule has 348 valence electrons. The number of rotatable bonds is 12. The Morgan fingerprint density at radius 1 is 0.397 bits per heavy atom. The molecule has 21 nitrogen and oxygen atoms in total. The summed E-state index contributed by atoms with van der Waals surface area (Å²) in [5, 5.41) is 17.3. The molecule has 6 amide bonds. The van der Waals surface area contributed by atoms with Crippen LogP contribution in [-0.2, 0) is 48.4 Å². The number of hydrogen-bond donors (Lipinski definition) is 6. The van der Waals surface area contributed by atoms with Crippen molar-refractivity contribution in [3.8, 4) is 0 Å². The SMILES string of the molecule is Cn1cc(C(=O)Nc2cc(C(=O)Nc3ccc(S(=O)(=O)[O-])c4ccccc34)cn2C)cc1NC(=O)Nc1cc(C(=O)Nc2cc(C(=O)Nc3ccc(S(=O)(=O)[O-])c4ccccc34)cn2C)cn1C. The first-order valence-electron chi connectivity index (χ1n) is 20.1. The van der Waals surface area contributed by atoms with Gasteiger partial charge in [-0.25, -0.2) is 21.6 Å². The predicted molar refractivity (Wildman–Crippen MR) is 250 cm³/mol. The maximum absolute atomic E-state index is 13.4. The van der Waals surface area contributed by atoms with Gasteiger partial charge in [-0.2, -0.15) is 0 Å². The zero-order valence-corrected chi connectivity index (χ0v) is 37.8. The largest absolute Gasteiger partial charge is 0.744 e. The van der Waals surface area contributed by atoms with Crippen molar-refractivity contribution < 1.29 is 49.9 Å². The van der Waals surface area contributed by atoms with E-state index in [1.165, 1.54) is 91.6 Å². The Morgan fingerprint density at radius 2 is 0.676 bits per heavy atom. The molecule has 0 bridgehead atoms. The number of hydrogen-bond acceptors (Lipinski definition) is 11. The summed E-state index contributed by atoms with van der Waals surface area (Å²) < 4.78 is 76.8. The van der Waals surface area contributed by atoms with Gasteiger partial charge in [0, 0.05) is 85.9 Å². The first kappa shape index (κ1) is 46.0. The number of nitrogens with one attached hydrogen (secondary N) is 6. The molecule has 0 spiro atoms. The van der Waals surface area contributed by atoms with Crippen molar-refractivity contribution in [2.24, 2.45) is 28.2 Å². The van der Waals surface area contributed by atoms with Crippen molar-refractivity contribution >= 4 is 106 Å². The average molecular weight is 959 g/mol. The molecule has 6 N–H and O–H groups in total. The standard InChI is InChI=1S/C45H40N10O11S2/c1-52-21-25(41(56)46-33-13-15-35(67(61,62)63)31-11-7-5-9-29(31)33)17-37(52)48-43(58)27-19-39(54(3)23-27)50-45(60)51-40-20-28(24-55(40)4)44(59)49-38-18-26(22-53(38)2)42(57)47-34-14-16-36(68(64,65)66)32-12-8-6-10-30(32)34/h5-24H,1-4H3,(H,46,56)(H,47,57)(H,48,58)(H,49,59)(H2,50,51,60)(H,61,62,63)(H,64,65,66)/p-2. The molecule has 8 aromatic rings. The van der Waals surface area contributed by atoms with E-state index in [4.69, 9.17) is 0 Å². The molecule has 0 unspecified atom stereocenters. The van der Waals surface area contributed by atoms with Crippen LogP contribution in [0.25, 0.3) is 21.5 Å². The van der Waals surface area contributed by atoms with Crippen molar-refractivity contribution in [1.29, 1.82) is 0 Å². The third-order valence-corrected chi connectivity index (χ3v) is 12.6. The van der Waals surface area contributed by atoms with Crippen molar-refractivity contribution in [3.63, 3.8) is 0 Å². The number of carbonyl (C=O) groups excluding carboxylic acids is 5. The highest BCUT2D eigenvalue weighted by Crippen LogP contribution is 2.32. The number of anilines is 6. The molecule has 68 heavy (non-hydrogen) atoms. The second kappa shape index (κ2) is 17.7. The van der Waals surface area contributed by atoms with Crippen LogP contribution in [0.4, 0.5) is 39.4 Å². The number of amides is 6. The molecule has 8 rings (SSSR count). The summed E-state index contributed by atoms with van der Waals surface area (Å²) in [7, 11) is -3.12. The van der Waals surface area contributed by atoms with Crippen LogP contribution < -0.4 is 31.9 Å². The third kappa shape index (κ3) is 9.43. The van der Waals surface area contributed by atoms with Crippen LogP contribution in [0.1, 0.15) is 41.4 Å². The van der Waals surface area contributed by atoms with Gasteiger partial charge in [-0.1, -0.05) is 48.5 Å². The van der Waals surface area contributed by atoms with E-state index in [1.54, 1.807) is 64.6 Å². The van der Waals surface area contributed by atoms with E-state index in [9.17, 15) is 49.9 Å². The molecule has 0 atom stereocenters. The quantitative estimate of drug-likeness (QED) is 0.0795. The van der Waals surface area contributed by atoms with Gasteiger partial charge in [0.15, 0.2) is 0 Å². The highest BCUT2D eigenvalue weighted by Gasteiger charge is 2.21.